The molecule has 10 nitrogen and oxygen atoms in total. The van der Waals surface area contributed by atoms with Gasteiger partial charge in [-0.25, -0.2) is 4.90 Å². The van der Waals surface area contributed by atoms with E-state index in [4.69, 9.17) is 4.74 Å². The van der Waals surface area contributed by atoms with Crippen LogP contribution in [0.3, 0.4) is 0 Å². The lowest BCUT2D eigenvalue weighted by Crippen LogP contribution is -2.31. The minimum atomic E-state index is -0.731. The van der Waals surface area contributed by atoms with Gasteiger partial charge in [0, 0.05) is 36.9 Å². The molecule has 2 saturated heterocycles. The van der Waals surface area contributed by atoms with E-state index in [1.54, 1.807) is 18.2 Å². The number of carbonyl (C=O) groups is 4. The molecule has 0 bridgehead atoms. The number of fused-ring (bicyclic) bond motifs is 1. The molecule has 0 saturated carbocycles. The quantitative estimate of drug-likeness (QED) is 0.162. The molecule has 0 aromatic heterocycles. The second-order valence-electron chi connectivity index (χ2n) is 8.77. The molecule has 2 aromatic carbocycles. The summed E-state index contributed by atoms with van der Waals surface area (Å²) in [6.07, 6.45) is 4.82. The van der Waals surface area contributed by atoms with Gasteiger partial charge in [-0.2, -0.15) is 0 Å². The van der Waals surface area contributed by atoms with E-state index in [0.29, 0.717) is 24.2 Å². The zero-order valence-electron chi connectivity index (χ0n) is 18.5. The number of carbonyl (C=O) groups excluding carboxylic acids is 4. The van der Waals surface area contributed by atoms with Crippen LogP contribution in [0, 0.1) is 27.9 Å². The largest absolute Gasteiger partial charge is 0.426 e. The number of amides is 3. The van der Waals surface area contributed by atoms with Gasteiger partial charge < -0.3 is 9.64 Å². The van der Waals surface area contributed by atoms with Gasteiger partial charge in [-0.1, -0.05) is 18.2 Å². The molecule has 0 spiro atoms. The average molecular weight is 475 g/mol. The van der Waals surface area contributed by atoms with Crippen LogP contribution in [0.2, 0.25) is 0 Å². The van der Waals surface area contributed by atoms with Crippen molar-refractivity contribution in [3.05, 3.63) is 70.8 Å². The third kappa shape index (κ3) is 4.07. The third-order valence-electron chi connectivity index (χ3n) is 6.63. The van der Waals surface area contributed by atoms with Crippen LogP contribution < -0.4 is 14.5 Å². The number of nitrogens with zero attached hydrogens (tertiary/aromatic N) is 3. The smallest absolute Gasteiger partial charge is 0.316 e. The predicted octanol–water partition coefficient (Wildman–Crippen LogP) is 3.01. The maximum absolute atomic E-state index is 12.8. The molecule has 2 aliphatic heterocycles. The molecule has 2 fully saturated rings. The van der Waals surface area contributed by atoms with E-state index in [1.165, 1.54) is 35.2 Å². The van der Waals surface area contributed by atoms with Crippen molar-refractivity contribution in [1.29, 1.82) is 0 Å². The Labute approximate surface area is 199 Å². The maximum atomic E-state index is 12.8. The number of imide groups is 1. The lowest BCUT2D eigenvalue weighted by molar-refractivity contribution is -0.384. The minimum Gasteiger partial charge on any atom is -0.426 e. The van der Waals surface area contributed by atoms with Crippen LogP contribution in [0.5, 0.6) is 5.75 Å². The Kier molecular flexibility index (Phi) is 5.64. The van der Waals surface area contributed by atoms with Crippen LogP contribution in [0.25, 0.3) is 0 Å². The van der Waals surface area contributed by atoms with Crippen molar-refractivity contribution in [3.8, 4) is 5.75 Å². The molecule has 35 heavy (non-hydrogen) atoms. The summed E-state index contributed by atoms with van der Waals surface area (Å²) in [6, 6.07) is 11.8. The fraction of sp³-hybridized carbons (Fsp3) is 0.280. The molecule has 10 heteroatoms. The summed E-state index contributed by atoms with van der Waals surface area (Å²) in [5.74, 6) is -2.72. The Morgan fingerprint density at radius 2 is 1.60 bits per heavy atom. The van der Waals surface area contributed by atoms with Gasteiger partial charge in [0.05, 0.1) is 28.4 Å². The first-order valence-electron chi connectivity index (χ1n) is 11.2. The summed E-state index contributed by atoms with van der Waals surface area (Å²) in [4.78, 5) is 63.8. The number of esters is 1. The number of allylic oxidation sites excluding steroid dienone is 2. The second-order valence-corrected chi connectivity index (χ2v) is 8.77. The molecule has 3 amide bonds. The van der Waals surface area contributed by atoms with Crippen molar-refractivity contribution < 1.29 is 28.8 Å². The van der Waals surface area contributed by atoms with Crippen LogP contribution in [0.1, 0.15) is 19.3 Å². The van der Waals surface area contributed by atoms with Crippen LogP contribution in [-0.2, 0) is 19.2 Å². The van der Waals surface area contributed by atoms with Gasteiger partial charge in [0.1, 0.15) is 5.75 Å². The first-order chi connectivity index (χ1) is 16.8. The van der Waals surface area contributed by atoms with Crippen molar-refractivity contribution >= 4 is 40.8 Å². The van der Waals surface area contributed by atoms with Crippen molar-refractivity contribution in [2.75, 3.05) is 16.3 Å². The molecule has 0 N–H and O–H groups in total. The third-order valence-corrected chi connectivity index (χ3v) is 6.63. The SMILES string of the molecule is O=C(Oc1cccc(N2C(=O)[C@H]3CC=CC[C@H]3C2=O)c1)[C@H]1CC(=O)N(c2ccc([N+](=O)[O-])cc2)C1. The average Bonchev–Trinajstić information content (AvgIpc) is 3.37. The summed E-state index contributed by atoms with van der Waals surface area (Å²) >= 11 is 0. The fourth-order valence-electron chi connectivity index (χ4n) is 4.81. The minimum absolute atomic E-state index is 0.0605. The van der Waals surface area contributed by atoms with Crippen LogP contribution in [0.4, 0.5) is 17.1 Å². The molecule has 2 heterocycles. The number of rotatable bonds is 5. The zero-order valence-corrected chi connectivity index (χ0v) is 18.5. The van der Waals surface area contributed by atoms with Gasteiger partial charge in [0.2, 0.25) is 17.7 Å². The first kappa shape index (κ1) is 22.5. The Balaban J connectivity index is 1.27. The Bertz CT molecular complexity index is 1240. The van der Waals surface area contributed by atoms with E-state index >= 15 is 0 Å². The molecule has 0 unspecified atom stereocenters. The topological polar surface area (TPSA) is 127 Å². The highest BCUT2D eigenvalue weighted by molar-refractivity contribution is 6.22. The second kappa shape index (κ2) is 8.79. The zero-order chi connectivity index (χ0) is 24.7. The number of benzene rings is 2. The van der Waals surface area contributed by atoms with Gasteiger partial charge in [0.25, 0.3) is 5.69 Å². The van der Waals surface area contributed by atoms with Gasteiger partial charge in [0.15, 0.2) is 0 Å². The first-order valence-corrected chi connectivity index (χ1v) is 11.2. The molecule has 3 aliphatic rings. The number of non-ortho nitro benzene ring substituents is 1. The summed E-state index contributed by atoms with van der Waals surface area (Å²) in [7, 11) is 0. The van der Waals surface area contributed by atoms with E-state index in [9.17, 15) is 29.3 Å². The molecule has 2 aromatic rings. The van der Waals surface area contributed by atoms with Gasteiger partial charge in [-0.3, -0.25) is 29.3 Å². The fourth-order valence-corrected chi connectivity index (χ4v) is 4.81. The van der Waals surface area contributed by atoms with Crippen LogP contribution in [0.15, 0.2) is 60.7 Å². The summed E-state index contributed by atoms with van der Waals surface area (Å²) < 4.78 is 5.50. The van der Waals surface area contributed by atoms with E-state index in [0.717, 1.165) is 4.90 Å². The Hall–Kier alpha value is -4.34. The van der Waals surface area contributed by atoms with E-state index in [2.05, 4.69) is 0 Å². The molecule has 3 atom stereocenters. The van der Waals surface area contributed by atoms with Crippen molar-refractivity contribution in [3.63, 3.8) is 0 Å². The van der Waals surface area contributed by atoms with Crippen LogP contribution >= 0.6 is 0 Å². The number of nitro groups is 1. The molecule has 0 radical (unpaired) electrons. The standard InChI is InChI=1S/C25H21N3O7/c29-22-12-15(14-26(22)16-8-10-17(11-9-16)28(33)34)25(32)35-19-5-3-4-18(13-19)27-23(30)20-6-1-2-7-21(20)24(27)31/h1-5,8-11,13,15,20-21H,6-7,12,14H2/t15-,20-,21+/m0/s1. The van der Waals surface area contributed by atoms with Crippen molar-refractivity contribution in [2.45, 2.75) is 19.3 Å². The lowest BCUT2D eigenvalue weighted by atomic mass is 9.85. The highest BCUT2D eigenvalue weighted by atomic mass is 16.6. The number of hydrogen-bond acceptors (Lipinski definition) is 7. The number of hydrogen-bond donors (Lipinski definition) is 0. The molecule has 1 aliphatic carbocycles. The van der Waals surface area contributed by atoms with E-state index in [1.807, 2.05) is 12.2 Å². The highest BCUT2D eigenvalue weighted by Crippen LogP contribution is 2.38. The number of anilines is 2. The predicted molar refractivity (Wildman–Crippen MR) is 123 cm³/mol. The maximum Gasteiger partial charge on any atom is 0.316 e. The molecular formula is C25H21N3O7. The summed E-state index contributed by atoms with van der Waals surface area (Å²) in [5, 5.41) is 10.8. The highest BCUT2D eigenvalue weighted by Gasteiger charge is 2.48. The number of ether oxygens (including phenoxy) is 1. The van der Waals surface area contributed by atoms with E-state index < -0.39 is 16.8 Å². The van der Waals surface area contributed by atoms with Crippen molar-refractivity contribution in [2.24, 2.45) is 17.8 Å². The van der Waals surface area contributed by atoms with Crippen molar-refractivity contribution in [1.82, 2.24) is 0 Å². The van der Waals surface area contributed by atoms with Gasteiger partial charge in [-0.15, -0.1) is 0 Å². The molecular weight excluding hydrogens is 454 g/mol. The summed E-state index contributed by atoms with van der Waals surface area (Å²) in [6.45, 7) is 0.0780. The lowest BCUT2D eigenvalue weighted by Gasteiger charge is -2.17. The van der Waals surface area contributed by atoms with Gasteiger partial charge >= 0.3 is 5.97 Å². The molecule has 5 rings (SSSR count). The number of nitro benzene ring substituents is 1. The van der Waals surface area contributed by atoms with Crippen LogP contribution in [-0.4, -0.2) is 35.2 Å². The normalized spacial score (nSPS) is 23.5. The molecule has 178 valence electrons. The summed E-state index contributed by atoms with van der Waals surface area (Å²) in [5.41, 5.74) is 0.705. The Morgan fingerprint density at radius 3 is 2.23 bits per heavy atom. The monoisotopic (exact) mass is 475 g/mol. The van der Waals surface area contributed by atoms with E-state index in [-0.39, 0.29) is 54.0 Å². The Morgan fingerprint density at radius 1 is 0.943 bits per heavy atom. The van der Waals surface area contributed by atoms with Gasteiger partial charge in [-0.05, 0) is 37.1 Å².